The van der Waals surface area contributed by atoms with Crippen LogP contribution in [-0.2, 0) is 0 Å². The van der Waals surface area contributed by atoms with Crippen molar-refractivity contribution in [2.24, 2.45) is 0 Å². The second-order valence-electron chi connectivity index (χ2n) is 7.92. The molecule has 0 fully saturated rings. The molecule has 4 aromatic carbocycles. The molecular weight excluding hydrogens is 490 g/mol. The number of amides is 2. The Kier molecular flexibility index (Phi) is 6.98. The number of hydrogen-bond donors (Lipinski definition) is 2. The van der Waals surface area contributed by atoms with Crippen molar-refractivity contribution in [1.82, 2.24) is 4.98 Å². The van der Waals surface area contributed by atoms with Crippen molar-refractivity contribution in [3.05, 3.63) is 126 Å². The molecule has 2 amide bonds. The third kappa shape index (κ3) is 5.25. The molecule has 0 aliphatic rings. The number of para-hydroxylation sites is 2. The Hall–Kier alpha value is -4.13. The number of pyridine rings is 1. The Bertz CT molecular complexity index is 1550. The van der Waals surface area contributed by atoms with Crippen LogP contribution < -0.4 is 10.6 Å². The zero-order valence-corrected chi connectivity index (χ0v) is 20.5. The monoisotopic (exact) mass is 509 g/mol. The largest absolute Gasteiger partial charge is 0.322 e. The van der Waals surface area contributed by atoms with E-state index in [4.69, 9.17) is 11.6 Å². The number of halogens is 1. The summed E-state index contributed by atoms with van der Waals surface area (Å²) in [6.07, 6.45) is 3.54. The molecule has 2 N–H and O–H groups in total. The van der Waals surface area contributed by atoms with Gasteiger partial charge < -0.3 is 10.6 Å². The second kappa shape index (κ2) is 10.6. The lowest BCUT2D eigenvalue weighted by atomic mass is 10.1. The first-order chi connectivity index (χ1) is 17.6. The van der Waals surface area contributed by atoms with E-state index in [-0.39, 0.29) is 11.1 Å². The van der Waals surface area contributed by atoms with Crippen molar-refractivity contribution in [2.45, 2.75) is 9.79 Å². The number of benzene rings is 4. The lowest BCUT2D eigenvalue weighted by molar-refractivity contribution is 0.0990. The van der Waals surface area contributed by atoms with E-state index in [2.05, 4.69) is 15.6 Å². The lowest BCUT2D eigenvalue weighted by Gasteiger charge is -2.15. The van der Waals surface area contributed by atoms with E-state index >= 15 is 0 Å². The molecular formula is C29H20ClN3O2S. The molecule has 5 rings (SSSR count). The molecule has 5 aromatic rings. The number of aromatic nitrogens is 1. The highest BCUT2D eigenvalue weighted by Crippen LogP contribution is 2.38. The maximum absolute atomic E-state index is 13.4. The van der Waals surface area contributed by atoms with Crippen molar-refractivity contribution >= 4 is 57.3 Å². The number of carbonyl (C=O) groups excluding carboxylic acids is 2. The van der Waals surface area contributed by atoms with Gasteiger partial charge in [0.15, 0.2) is 0 Å². The first-order valence-corrected chi connectivity index (χ1v) is 12.3. The van der Waals surface area contributed by atoms with Crippen molar-refractivity contribution in [3.8, 4) is 0 Å². The number of anilines is 2. The third-order valence-corrected chi connectivity index (χ3v) is 7.04. The molecule has 0 saturated heterocycles. The molecule has 0 spiro atoms. The maximum atomic E-state index is 13.4. The van der Waals surface area contributed by atoms with E-state index in [1.807, 2.05) is 60.7 Å². The van der Waals surface area contributed by atoms with Crippen molar-refractivity contribution < 1.29 is 9.59 Å². The van der Waals surface area contributed by atoms with Crippen LogP contribution in [0.2, 0.25) is 5.02 Å². The van der Waals surface area contributed by atoms with E-state index in [0.717, 1.165) is 15.7 Å². The zero-order valence-electron chi connectivity index (χ0n) is 18.9. The average Bonchev–Trinajstić information content (AvgIpc) is 2.91. The standard InChI is InChI=1S/C29H20ClN3O2S/c30-25-16-23(28(34)32-20-9-3-1-4-10-20)24(29(35)33-21-11-5-2-6-12-21)17-27(25)36-26-13-7-8-19-18-31-15-14-22(19)26/h1-18H,(H,32,34)(H,33,35). The van der Waals surface area contributed by atoms with Gasteiger partial charge in [-0.25, -0.2) is 0 Å². The highest BCUT2D eigenvalue weighted by Gasteiger charge is 2.21. The van der Waals surface area contributed by atoms with Crippen LogP contribution in [0, 0.1) is 0 Å². The molecule has 0 unspecified atom stereocenters. The fraction of sp³-hybridized carbons (Fsp3) is 0. The third-order valence-electron chi connectivity index (χ3n) is 5.49. The topological polar surface area (TPSA) is 71.1 Å². The molecule has 176 valence electrons. The molecule has 0 atom stereocenters. The molecule has 0 saturated carbocycles. The van der Waals surface area contributed by atoms with Crippen LogP contribution in [0.1, 0.15) is 20.7 Å². The summed E-state index contributed by atoms with van der Waals surface area (Å²) in [6.45, 7) is 0. The van der Waals surface area contributed by atoms with E-state index < -0.39 is 11.8 Å². The molecule has 0 aliphatic carbocycles. The minimum Gasteiger partial charge on any atom is -0.322 e. The van der Waals surface area contributed by atoms with Gasteiger partial charge in [-0.1, -0.05) is 71.9 Å². The zero-order chi connectivity index (χ0) is 24.9. The molecule has 1 aromatic heterocycles. The van der Waals surface area contributed by atoms with Gasteiger partial charge >= 0.3 is 0 Å². The fourth-order valence-electron chi connectivity index (χ4n) is 3.75. The Morgan fingerprint density at radius 2 is 1.31 bits per heavy atom. The number of rotatable bonds is 6. The highest BCUT2D eigenvalue weighted by atomic mass is 35.5. The molecule has 0 aliphatic heterocycles. The summed E-state index contributed by atoms with van der Waals surface area (Å²) in [6, 6.07) is 29.3. The van der Waals surface area contributed by atoms with Crippen LogP contribution in [0.25, 0.3) is 10.8 Å². The van der Waals surface area contributed by atoms with Gasteiger partial charge in [-0.2, -0.15) is 0 Å². The van der Waals surface area contributed by atoms with Gasteiger partial charge in [-0.3, -0.25) is 14.6 Å². The summed E-state index contributed by atoms with van der Waals surface area (Å²) in [5.41, 5.74) is 1.66. The van der Waals surface area contributed by atoms with Crippen molar-refractivity contribution in [3.63, 3.8) is 0 Å². The maximum Gasteiger partial charge on any atom is 0.256 e. The molecule has 5 nitrogen and oxygen atoms in total. The fourth-order valence-corrected chi connectivity index (χ4v) is 5.04. The summed E-state index contributed by atoms with van der Waals surface area (Å²) in [7, 11) is 0. The summed E-state index contributed by atoms with van der Waals surface area (Å²) in [4.78, 5) is 32.4. The molecule has 1 heterocycles. The van der Waals surface area contributed by atoms with Crippen LogP contribution >= 0.6 is 23.4 Å². The Morgan fingerprint density at radius 3 is 1.94 bits per heavy atom. The van der Waals surface area contributed by atoms with Gasteiger partial charge in [0.05, 0.1) is 16.1 Å². The summed E-state index contributed by atoms with van der Waals surface area (Å²) in [5, 5.41) is 8.12. The SMILES string of the molecule is O=C(Nc1ccccc1)c1cc(Cl)c(Sc2cccc3cnccc23)cc1C(=O)Nc1ccccc1. The molecule has 0 bridgehead atoms. The second-order valence-corrected chi connectivity index (χ2v) is 9.41. The Morgan fingerprint density at radius 1 is 0.694 bits per heavy atom. The average molecular weight is 510 g/mol. The summed E-state index contributed by atoms with van der Waals surface area (Å²) >= 11 is 8.10. The molecule has 7 heteroatoms. The summed E-state index contributed by atoms with van der Waals surface area (Å²) < 4.78 is 0. The number of nitrogens with zero attached hydrogens (tertiary/aromatic N) is 1. The van der Waals surface area contributed by atoms with Crippen LogP contribution in [0.15, 0.2) is 119 Å². The van der Waals surface area contributed by atoms with Crippen molar-refractivity contribution in [2.75, 3.05) is 10.6 Å². The van der Waals surface area contributed by atoms with Gasteiger partial charge in [0.25, 0.3) is 11.8 Å². The normalized spacial score (nSPS) is 10.7. The highest BCUT2D eigenvalue weighted by molar-refractivity contribution is 7.99. The van der Waals surface area contributed by atoms with Gasteiger partial charge in [0.2, 0.25) is 0 Å². The van der Waals surface area contributed by atoms with Crippen LogP contribution in [-0.4, -0.2) is 16.8 Å². The molecule has 0 radical (unpaired) electrons. The van der Waals surface area contributed by atoms with Gasteiger partial charge in [-0.05, 0) is 53.9 Å². The lowest BCUT2D eigenvalue weighted by Crippen LogP contribution is -2.20. The minimum atomic E-state index is -0.422. The Labute approximate surface area is 217 Å². The van der Waals surface area contributed by atoms with Crippen molar-refractivity contribution in [1.29, 1.82) is 0 Å². The van der Waals surface area contributed by atoms with Gasteiger partial charge in [-0.15, -0.1) is 0 Å². The number of hydrogen-bond acceptors (Lipinski definition) is 4. The quantitative estimate of drug-likeness (QED) is 0.248. The minimum absolute atomic E-state index is 0.184. The van der Waals surface area contributed by atoms with E-state index in [9.17, 15) is 9.59 Å². The van der Waals surface area contributed by atoms with E-state index in [1.165, 1.54) is 11.8 Å². The number of nitrogens with one attached hydrogen (secondary N) is 2. The smallest absolute Gasteiger partial charge is 0.256 e. The number of fused-ring (bicyclic) bond motifs is 1. The van der Waals surface area contributed by atoms with Crippen LogP contribution in [0.4, 0.5) is 11.4 Å². The van der Waals surface area contributed by atoms with E-state index in [1.54, 1.807) is 48.8 Å². The van der Waals surface area contributed by atoms with Gasteiger partial charge in [0, 0.05) is 38.9 Å². The summed E-state index contributed by atoms with van der Waals surface area (Å²) in [5.74, 6) is -0.825. The Balaban J connectivity index is 1.54. The first kappa shape index (κ1) is 23.6. The van der Waals surface area contributed by atoms with Crippen LogP contribution in [0.3, 0.4) is 0 Å². The first-order valence-electron chi connectivity index (χ1n) is 11.2. The number of carbonyl (C=O) groups is 2. The predicted octanol–water partition coefficient (Wildman–Crippen LogP) is 7.54. The van der Waals surface area contributed by atoms with E-state index in [0.29, 0.717) is 21.3 Å². The predicted molar refractivity (Wildman–Crippen MR) is 146 cm³/mol. The van der Waals surface area contributed by atoms with Crippen LogP contribution in [0.5, 0.6) is 0 Å². The molecule has 36 heavy (non-hydrogen) atoms. The van der Waals surface area contributed by atoms with Gasteiger partial charge in [0.1, 0.15) is 0 Å².